The number of carbonyl (C=O) groups excluding carboxylic acids is 1. The topological polar surface area (TPSA) is 48.4 Å². The van der Waals surface area contributed by atoms with Crippen molar-refractivity contribution in [1.82, 2.24) is 4.98 Å². The summed E-state index contributed by atoms with van der Waals surface area (Å²) in [4.78, 5) is 15.2. The number of halogens is 1. The first kappa shape index (κ1) is 14.1. The van der Waals surface area contributed by atoms with E-state index in [1.165, 1.54) is 37.6 Å². The van der Waals surface area contributed by atoms with Gasteiger partial charge in [0.25, 0.3) is 0 Å². The number of ether oxygens (including phenoxy) is 2. The number of benzene rings is 1. The molecule has 1 heterocycles. The zero-order valence-corrected chi connectivity index (χ0v) is 10.8. The van der Waals surface area contributed by atoms with Crippen molar-refractivity contribution >= 4 is 19.3 Å². The molecular weight excluding hydrogens is 260 g/mol. The van der Waals surface area contributed by atoms with E-state index in [2.05, 4.69) is 9.72 Å². The Bertz CT molecular complexity index is 596. The Kier molecular flexibility index (Phi) is 4.35. The summed E-state index contributed by atoms with van der Waals surface area (Å²) in [5, 5.41) is 0. The summed E-state index contributed by atoms with van der Waals surface area (Å²) in [7, 11) is 6.80. The van der Waals surface area contributed by atoms with Crippen molar-refractivity contribution in [3.8, 4) is 5.75 Å². The lowest BCUT2D eigenvalue weighted by Gasteiger charge is -2.07. The standard InChI is InChI=1S/C14H11BFNO3/c1-19-14(18)13-3-2-9(7-17-13)8-20-12-5-10(15)4-11(16)6-12/h2-7H,8H2,1H3. The van der Waals surface area contributed by atoms with E-state index in [1.807, 2.05) is 0 Å². The Morgan fingerprint density at radius 2 is 2.15 bits per heavy atom. The average molecular weight is 271 g/mol. The number of nitrogens with zero attached hydrogens (tertiary/aromatic N) is 1. The van der Waals surface area contributed by atoms with Crippen LogP contribution in [0.15, 0.2) is 36.5 Å². The molecule has 0 spiro atoms. The lowest BCUT2D eigenvalue weighted by molar-refractivity contribution is 0.0594. The van der Waals surface area contributed by atoms with Crippen LogP contribution < -0.4 is 10.2 Å². The highest BCUT2D eigenvalue weighted by Gasteiger charge is 2.06. The highest BCUT2D eigenvalue weighted by molar-refractivity contribution is 6.32. The van der Waals surface area contributed by atoms with E-state index < -0.39 is 11.8 Å². The molecule has 6 heteroatoms. The Morgan fingerprint density at radius 3 is 2.75 bits per heavy atom. The molecule has 0 N–H and O–H groups in total. The third kappa shape index (κ3) is 3.57. The van der Waals surface area contributed by atoms with Gasteiger partial charge in [0.15, 0.2) is 0 Å². The fraction of sp³-hybridized carbons (Fsp3) is 0.143. The molecule has 0 fully saturated rings. The lowest BCUT2D eigenvalue weighted by atomic mass is 9.96. The van der Waals surface area contributed by atoms with Crippen LogP contribution in [0.2, 0.25) is 0 Å². The zero-order chi connectivity index (χ0) is 14.5. The first-order valence-electron chi connectivity index (χ1n) is 5.80. The van der Waals surface area contributed by atoms with E-state index in [9.17, 15) is 9.18 Å². The molecule has 0 bridgehead atoms. The Labute approximate surface area is 117 Å². The smallest absolute Gasteiger partial charge is 0.356 e. The van der Waals surface area contributed by atoms with E-state index in [0.29, 0.717) is 11.2 Å². The van der Waals surface area contributed by atoms with Crippen LogP contribution in [0.1, 0.15) is 16.1 Å². The van der Waals surface area contributed by atoms with Gasteiger partial charge in [0.05, 0.1) is 7.11 Å². The summed E-state index contributed by atoms with van der Waals surface area (Å²) in [5.41, 5.74) is 1.24. The number of esters is 1. The molecule has 1 aromatic carbocycles. The van der Waals surface area contributed by atoms with Gasteiger partial charge in [-0.1, -0.05) is 11.5 Å². The van der Waals surface area contributed by atoms with Crippen LogP contribution in [0.3, 0.4) is 0 Å². The van der Waals surface area contributed by atoms with Gasteiger partial charge in [-0.25, -0.2) is 14.2 Å². The molecule has 2 aromatic rings. The van der Waals surface area contributed by atoms with Crippen LogP contribution in [0.5, 0.6) is 5.75 Å². The molecule has 0 aliphatic heterocycles. The minimum atomic E-state index is -0.504. The molecule has 0 aliphatic rings. The first-order valence-corrected chi connectivity index (χ1v) is 5.80. The summed E-state index contributed by atoms with van der Waals surface area (Å²) in [5.74, 6) is -0.630. The molecule has 0 aliphatic carbocycles. The van der Waals surface area contributed by atoms with Crippen LogP contribution in [-0.4, -0.2) is 25.9 Å². The summed E-state index contributed by atoms with van der Waals surface area (Å²) >= 11 is 0. The van der Waals surface area contributed by atoms with Crippen molar-refractivity contribution in [3.63, 3.8) is 0 Å². The average Bonchev–Trinajstić information content (AvgIpc) is 2.44. The van der Waals surface area contributed by atoms with Gasteiger partial charge in [0, 0.05) is 17.8 Å². The molecule has 0 unspecified atom stereocenters. The van der Waals surface area contributed by atoms with Crippen molar-refractivity contribution in [2.24, 2.45) is 0 Å². The minimum Gasteiger partial charge on any atom is -0.489 e. The van der Waals surface area contributed by atoms with E-state index in [1.54, 1.807) is 6.07 Å². The fourth-order valence-corrected chi connectivity index (χ4v) is 1.57. The van der Waals surface area contributed by atoms with Crippen LogP contribution in [0, 0.1) is 5.82 Å². The molecule has 0 saturated carbocycles. The van der Waals surface area contributed by atoms with Crippen LogP contribution in [-0.2, 0) is 11.3 Å². The maximum absolute atomic E-state index is 13.1. The van der Waals surface area contributed by atoms with Crippen LogP contribution >= 0.6 is 0 Å². The first-order chi connectivity index (χ1) is 9.58. The number of pyridine rings is 1. The van der Waals surface area contributed by atoms with Gasteiger partial charge in [0.1, 0.15) is 31.7 Å². The fourth-order valence-electron chi connectivity index (χ4n) is 1.57. The highest BCUT2D eigenvalue weighted by Crippen LogP contribution is 2.13. The van der Waals surface area contributed by atoms with Gasteiger partial charge in [-0.2, -0.15) is 0 Å². The van der Waals surface area contributed by atoms with Crippen molar-refractivity contribution < 1.29 is 18.7 Å². The van der Waals surface area contributed by atoms with E-state index in [0.717, 1.165) is 5.56 Å². The Balaban J connectivity index is 2.02. The largest absolute Gasteiger partial charge is 0.489 e. The summed E-state index contributed by atoms with van der Waals surface area (Å²) < 4.78 is 23.1. The van der Waals surface area contributed by atoms with Gasteiger partial charge >= 0.3 is 5.97 Å². The maximum atomic E-state index is 13.1. The lowest BCUT2D eigenvalue weighted by Crippen LogP contribution is -2.06. The number of hydrogen-bond acceptors (Lipinski definition) is 4. The molecule has 100 valence electrons. The number of methoxy groups -OCH3 is 1. The normalized spacial score (nSPS) is 10.1. The zero-order valence-electron chi connectivity index (χ0n) is 10.8. The maximum Gasteiger partial charge on any atom is 0.356 e. The molecule has 2 rings (SSSR count). The van der Waals surface area contributed by atoms with Crippen LogP contribution in [0.25, 0.3) is 0 Å². The summed E-state index contributed by atoms with van der Waals surface area (Å²) in [6.45, 7) is 0.192. The summed E-state index contributed by atoms with van der Waals surface area (Å²) in [6.07, 6.45) is 1.49. The highest BCUT2D eigenvalue weighted by atomic mass is 19.1. The SMILES string of the molecule is [B]c1cc(F)cc(OCc2ccc(C(=O)OC)nc2)c1. The minimum absolute atomic E-state index is 0.192. The third-order valence-electron chi connectivity index (χ3n) is 2.52. The number of carbonyl (C=O) groups is 1. The number of rotatable bonds is 4. The molecule has 0 saturated heterocycles. The van der Waals surface area contributed by atoms with E-state index in [4.69, 9.17) is 12.6 Å². The van der Waals surface area contributed by atoms with Gasteiger partial charge in [0.2, 0.25) is 0 Å². The van der Waals surface area contributed by atoms with Gasteiger partial charge in [-0.05, 0) is 18.2 Å². The third-order valence-corrected chi connectivity index (χ3v) is 2.52. The van der Waals surface area contributed by atoms with Gasteiger partial charge in [-0.3, -0.25) is 0 Å². The number of aromatic nitrogens is 1. The second kappa shape index (κ2) is 6.19. The molecule has 1 aromatic heterocycles. The second-order valence-electron chi connectivity index (χ2n) is 4.05. The molecule has 0 amide bonds. The van der Waals surface area contributed by atoms with Crippen molar-refractivity contribution in [2.45, 2.75) is 6.61 Å². The van der Waals surface area contributed by atoms with Gasteiger partial charge < -0.3 is 9.47 Å². The van der Waals surface area contributed by atoms with Crippen LogP contribution in [0.4, 0.5) is 4.39 Å². The monoisotopic (exact) mass is 271 g/mol. The Hall–Kier alpha value is -2.37. The van der Waals surface area contributed by atoms with Crippen molar-refractivity contribution in [3.05, 3.63) is 53.6 Å². The Morgan fingerprint density at radius 1 is 1.35 bits per heavy atom. The summed E-state index contributed by atoms with van der Waals surface area (Å²) in [6, 6.07) is 7.19. The molecule has 0 atom stereocenters. The number of hydrogen-bond donors (Lipinski definition) is 0. The predicted molar refractivity (Wildman–Crippen MR) is 71.7 cm³/mol. The van der Waals surface area contributed by atoms with E-state index in [-0.39, 0.29) is 12.3 Å². The molecule has 2 radical (unpaired) electrons. The molecule has 4 nitrogen and oxygen atoms in total. The van der Waals surface area contributed by atoms with Crippen molar-refractivity contribution in [2.75, 3.05) is 7.11 Å². The van der Waals surface area contributed by atoms with E-state index >= 15 is 0 Å². The van der Waals surface area contributed by atoms with Crippen molar-refractivity contribution in [1.29, 1.82) is 0 Å². The quantitative estimate of drug-likeness (QED) is 0.622. The molecular formula is C14H11BFNO3. The predicted octanol–water partition coefficient (Wildman–Crippen LogP) is 1.38. The molecule has 20 heavy (non-hydrogen) atoms. The second-order valence-corrected chi connectivity index (χ2v) is 4.05. The van der Waals surface area contributed by atoms with Gasteiger partial charge in [-0.15, -0.1) is 0 Å².